The second-order valence-corrected chi connectivity index (χ2v) is 7.17. The number of anilines is 2. The number of benzene rings is 1. The van der Waals surface area contributed by atoms with Crippen molar-refractivity contribution in [1.29, 1.82) is 0 Å². The van der Waals surface area contributed by atoms with Crippen molar-refractivity contribution in [2.24, 2.45) is 0 Å². The third-order valence-corrected chi connectivity index (χ3v) is 5.12. The van der Waals surface area contributed by atoms with Gasteiger partial charge in [0.25, 0.3) is 5.91 Å². The predicted molar refractivity (Wildman–Crippen MR) is 108 cm³/mol. The fraction of sp³-hybridized carbons (Fsp3) is 0.250. The van der Waals surface area contributed by atoms with Crippen molar-refractivity contribution in [3.8, 4) is 11.3 Å². The first-order chi connectivity index (χ1) is 13.0. The van der Waals surface area contributed by atoms with E-state index in [1.165, 1.54) is 23.5 Å². The number of amides is 1. The van der Waals surface area contributed by atoms with Crippen LogP contribution < -0.4 is 10.2 Å². The van der Waals surface area contributed by atoms with Crippen molar-refractivity contribution in [2.45, 2.75) is 20.8 Å². The molecule has 27 heavy (non-hydrogen) atoms. The third kappa shape index (κ3) is 4.31. The number of pyridine rings is 1. The average molecular weight is 384 g/mol. The topological polar surface area (TPSA) is 58.1 Å². The van der Waals surface area contributed by atoms with Crippen LogP contribution in [0.15, 0.2) is 42.6 Å². The first kappa shape index (κ1) is 19.0. The van der Waals surface area contributed by atoms with Gasteiger partial charge in [-0.3, -0.25) is 10.1 Å². The molecule has 3 aromatic rings. The van der Waals surface area contributed by atoms with Gasteiger partial charge in [0.2, 0.25) is 0 Å². The lowest BCUT2D eigenvalue weighted by atomic mass is 10.1. The fourth-order valence-electron chi connectivity index (χ4n) is 2.75. The van der Waals surface area contributed by atoms with Gasteiger partial charge in [-0.15, -0.1) is 11.3 Å². The Bertz CT molecular complexity index is 918. The first-order valence-electron chi connectivity index (χ1n) is 8.77. The van der Waals surface area contributed by atoms with Crippen LogP contribution in [-0.2, 0) is 0 Å². The molecule has 0 aliphatic carbocycles. The second-order valence-electron chi connectivity index (χ2n) is 5.96. The van der Waals surface area contributed by atoms with E-state index < -0.39 is 0 Å². The van der Waals surface area contributed by atoms with Gasteiger partial charge in [-0.2, -0.15) is 0 Å². The lowest BCUT2D eigenvalue weighted by molar-refractivity contribution is 0.102. The monoisotopic (exact) mass is 384 g/mol. The Balaban J connectivity index is 1.74. The van der Waals surface area contributed by atoms with E-state index in [9.17, 15) is 9.18 Å². The highest BCUT2D eigenvalue weighted by Gasteiger charge is 2.14. The number of thiazole rings is 1. The van der Waals surface area contributed by atoms with Crippen LogP contribution in [0, 0.1) is 12.7 Å². The number of halogens is 1. The Labute approximate surface area is 161 Å². The zero-order valence-corrected chi connectivity index (χ0v) is 16.3. The second kappa shape index (κ2) is 8.26. The van der Waals surface area contributed by atoms with Gasteiger partial charge in [-0.05, 0) is 57.2 Å². The molecule has 0 atom stereocenters. The SMILES string of the molecule is CCN(CC)c1ccc(C(=O)Nc2nc(-c3ccc(F)cc3)c(C)s2)cn1. The minimum absolute atomic E-state index is 0.256. The highest BCUT2D eigenvalue weighted by Crippen LogP contribution is 2.30. The molecule has 2 heterocycles. The molecule has 0 aliphatic heterocycles. The number of hydrogen-bond donors (Lipinski definition) is 1. The summed E-state index contributed by atoms with van der Waals surface area (Å²) in [5, 5.41) is 3.32. The predicted octanol–water partition coefficient (Wildman–Crippen LogP) is 4.75. The van der Waals surface area contributed by atoms with Gasteiger partial charge in [0.15, 0.2) is 5.13 Å². The summed E-state index contributed by atoms with van der Waals surface area (Å²) in [6.07, 6.45) is 1.57. The maximum Gasteiger partial charge on any atom is 0.259 e. The fourth-order valence-corrected chi connectivity index (χ4v) is 3.58. The van der Waals surface area contributed by atoms with E-state index >= 15 is 0 Å². The van der Waals surface area contributed by atoms with E-state index in [0.29, 0.717) is 10.7 Å². The number of carbonyl (C=O) groups excluding carboxylic acids is 1. The van der Waals surface area contributed by atoms with E-state index in [1.54, 1.807) is 24.4 Å². The number of rotatable bonds is 6. The lowest BCUT2D eigenvalue weighted by Crippen LogP contribution is -2.23. The minimum Gasteiger partial charge on any atom is -0.357 e. The molecule has 0 saturated carbocycles. The molecule has 7 heteroatoms. The van der Waals surface area contributed by atoms with Crippen LogP contribution in [0.5, 0.6) is 0 Å². The van der Waals surface area contributed by atoms with E-state index in [2.05, 4.69) is 34.0 Å². The molecular formula is C20H21FN4OS. The molecule has 0 bridgehead atoms. The highest BCUT2D eigenvalue weighted by molar-refractivity contribution is 7.16. The van der Waals surface area contributed by atoms with Crippen LogP contribution in [-0.4, -0.2) is 29.0 Å². The van der Waals surface area contributed by atoms with Gasteiger partial charge in [-0.1, -0.05) is 0 Å². The summed E-state index contributed by atoms with van der Waals surface area (Å²) < 4.78 is 13.1. The molecule has 0 spiro atoms. The summed E-state index contributed by atoms with van der Waals surface area (Å²) in [6, 6.07) is 9.76. The van der Waals surface area contributed by atoms with Gasteiger partial charge in [0.1, 0.15) is 11.6 Å². The summed E-state index contributed by atoms with van der Waals surface area (Å²) in [7, 11) is 0. The molecule has 0 aliphatic rings. The van der Waals surface area contributed by atoms with Gasteiger partial charge < -0.3 is 4.90 Å². The lowest BCUT2D eigenvalue weighted by Gasteiger charge is -2.19. The minimum atomic E-state index is -0.291. The van der Waals surface area contributed by atoms with Crippen LogP contribution in [0.4, 0.5) is 15.3 Å². The number of nitrogens with zero attached hydrogens (tertiary/aromatic N) is 3. The largest absolute Gasteiger partial charge is 0.357 e. The summed E-state index contributed by atoms with van der Waals surface area (Å²) in [4.78, 5) is 24.4. The quantitative estimate of drug-likeness (QED) is 0.666. The van der Waals surface area contributed by atoms with Crippen molar-refractivity contribution < 1.29 is 9.18 Å². The number of aryl methyl sites for hydroxylation is 1. The van der Waals surface area contributed by atoms with E-state index in [0.717, 1.165) is 35.0 Å². The highest BCUT2D eigenvalue weighted by atomic mass is 32.1. The van der Waals surface area contributed by atoms with Crippen LogP contribution in [0.1, 0.15) is 29.1 Å². The average Bonchev–Trinajstić information content (AvgIpc) is 3.04. The van der Waals surface area contributed by atoms with Crippen LogP contribution in [0.3, 0.4) is 0 Å². The normalized spacial score (nSPS) is 10.7. The van der Waals surface area contributed by atoms with Gasteiger partial charge in [0, 0.05) is 29.7 Å². The smallest absolute Gasteiger partial charge is 0.259 e. The van der Waals surface area contributed by atoms with Crippen LogP contribution >= 0.6 is 11.3 Å². The summed E-state index contributed by atoms with van der Waals surface area (Å²) in [5.74, 6) is 0.300. The Morgan fingerprint density at radius 3 is 2.44 bits per heavy atom. The zero-order valence-electron chi connectivity index (χ0n) is 15.5. The zero-order chi connectivity index (χ0) is 19.4. The number of nitrogens with one attached hydrogen (secondary N) is 1. The number of aromatic nitrogens is 2. The van der Waals surface area contributed by atoms with Crippen molar-refractivity contribution in [3.63, 3.8) is 0 Å². The van der Waals surface area contributed by atoms with Gasteiger partial charge in [-0.25, -0.2) is 14.4 Å². The van der Waals surface area contributed by atoms with Crippen molar-refractivity contribution in [3.05, 3.63) is 58.9 Å². The number of carbonyl (C=O) groups is 1. The molecule has 0 unspecified atom stereocenters. The van der Waals surface area contributed by atoms with Crippen molar-refractivity contribution >= 4 is 28.2 Å². The Morgan fingerprint density at radius 1 is 1.15 bits per heavy atom. The standard InChI is InChI=1S/C20H21FN4OS/c1-4-25(5-2)17-11-8-15(12-22-17)19(26)24-20-23-18(13(3)27-20)14-6-9-16(21)10-7-14/h6-12H,4-5H2,1-3H3,(H,23,24,26). The van der Waals surface area contributed by atoms with Crippen molar-refractivity contribution in [1.82, 2.24) is 9.97 Å². The molecule has 0 radical (unpaired) electrons. The van der Waals surface area contributed by atoms with E-state index in [-0.39, 0.29) is 11.7 Å². The molecule has 3 rings (SSSR count). The Kier molecular flexibility index (Phi) is 5.81. The van der Waals surface area contributed by atoms with Gasteiger partial charge in [0.05, 0.1) is 11.3 Å². The molecule has 0 saturated heterocycles. The van der Waals surface area contributed by atoms with Gasteiger partial charge >= 0.3 is 0 Å². The van der Waals surface area contributed by atoms with Crippen molar-refractivity contribution in [2.75, 3.05) is 23.3 Å². The summed E-state index contributed by atoms with van der Waals surface area (Å²) in [5.41, 5.74) is 2.03. The maximum atomic E-state index is 13.1. The molecular weight excluding hydrogens is 363 g/mol. The van der Waals surface area contributed by atoms with E-state index in [4.69, 9.17) is 0 Å². The molecule has 140 valence electrons. The first-order valence-corrected chi connectivity index (χ1v) is 9.59. The molecule has 1 amide bonds. The summed E-state index contributed by atoms with van der Waals surface area (Å²) in [6.45, 7) is 7.77. The molecule has 0 fully saturated rings. The molecule has 2 aromatic heterocycles. The maximum absolute atomic E-state index is 13.1. The van der Waals surface area contributed by atoms with Crippen LogP contribution in [0.2, 0.25) is 0 Å². The van der Waals surface area contributed by atoms with Crippen LogP contribution in [0.25, 0.3) is 11.3 Å². The molecule has 1 aromatic carbocycles. The Morgan fingerprint density at radius 2 is 1.85 bits per heavy atom. The van der Waals surface area contributed by atoms with E-state index in [1.807, 2.05) is 13.0 Å². The summed E-state index contributed by atoms with van der Waals surface area (Å²) >= 11 is 1.39. The third-order valence-electron chi connectivity index (χ3n) is 4.23. The number of hydrogen-bond acceptors (Lipinski definition) is 5. The molecule has 1 N–H and O–H groups in total. The molecule has 5 nitrogen and oxygen atoms in total. The Hall–Kier alpha value is -2.80.